The highest BCUT2D eigenvalue weighted by molar-refractivity contribution is 5.76. The number of hydrogen-bond donors (Lipinski definition) is 2. The third-order valence-corrected chi connectivity index (χ3v) is 5.05. The van der Waals surface area contributed by atoms with Crippen molar-refractivity contribution >= 4 is 5.91 Å². The highest BCUT2D eigenvalue weighted by Gasteiger charge is 2.36. The number of carbonyl (C=O) groups is 1. The Labute approximate surface area is 143 Å². The van der Waals surface area contributed by atoms with Crippen LogP contribution in [0.4, 0.5) is 0 Å². The standard InChI is InChI=1S/C18H27N3O3/c22-17(7-6-14-3-2-8-19-13-14)20-15-4-1-5-16(18(15)23)21-9-11-24-12-10-21/h2-3,8,13,15-16,18,23H,1,4-7,9-12H2,(H,20,22)/t15-,16-,18-/m1/s1. The zero-order valence-corrected chi connectivity index (χ0v) is 14.1. The molecule has 0 aromatic carbocycles. The first-order chi connectivity index (χ1) is 11.7. The Kier molecular flexibility index (Phi) is 6.18. The number of rotatable bonds is 5. The maximum absolute atomic E-state index is 12.2. The van der Waals surface area contributed by atoms with E-state index in [1.54, 1.807) is 12.4 Å². The summed E-state index contributed by atoms with van der Waals surface area (Å²) in [6.45, 7) is 3.18. The van der Waals surface area contributed by atoms with E-state index in [1.165, 1.54) is 0 Å². The Morgan fingerprint density at radius 2 is 2.21 bits per heavy atom. The zero-order chi connectivity index (χ0) is 16.8. The molecule has 1 amide bonds. The fourth-order valence-corrected chi connectivity index (χ4v) is 3.70. The predicted octanol–water partition coefficient (Wildman–Crippen LogP) is 0.745. The fraction of sp³-hybridized carbons (Fsp3) is 0.667. The lowest BCUT2D eigenvalue weighted by molar-refractivity contribution is -0.124. The van der Waals surface area contributed by atoms with E-state index in [0.717, 1.165) is 51.1 Å². The zero-order valence-electron chi connectivity index (χ0n) is 14.1. The second-order valence-corrected chi connectivity index (χ2v) is 6.67. The Morgan fingerprint density at radius 3 is 2.96 bits per heavy atom. The average molecular weight is 333 g/mol. The lowest BCUT2D eigenvalue weighted by Crippen LogP contribution is -2.58. The number of carbonyl (C=O) groups excluding carboxylic acids is 1. The molecule has 1 saturated carbocycles. The molecule has 2 heterocycles. The van der Waals surface area contributed by atoms with E-state index in [2.05, 4.69) is 15.2 Å². The summed E-state index contributed by atoms with van der Waals surface area (Å²) in [5.41, 5.74) is 1.06. The molecule has 0 unspecified atom stereocenters. The summed E-state index contributed by atoms with van der Waals surface area (Å²) in [6.07, 6.45) is 6.99. The molecule has 0 spiro atoms. The molecule has 1 saturated heterocycles. The van der Waals surface area contributed by atoms with Gasteiger partial charge < -0.3 is 15.2 Å². The maximum Gasteiger partial charge on any atom is 0.220 e. The molecule has 6 heteroatoms. The number of aliphatic hydroxyl groups excluding tert-OH is 1. The minimum Gasteiger partial charge on any atom is -0.389 e. The van der Waals surface area contributed by atoms with Gasteiger partial charge in [0.1, 0.15) is 0 Å². The Bertz CT molecular complexity index is 520. The van der Waals surface area contributed by atoms with Crippen LogP contribution in [0.1, 0.15) is 31.2 Å². The first-order valence-corrected chi connectivity index (χ1v) is 8.92. The van der Waals surface area contributed by atoms with Crippen molar-refractivity contribution in [2.45, 2.75) is 50.3 Å². The molecular formula is C18H27N3O3. The molecule has 0 radical (unpaired) electrons. The molecule has 3 atom stereocenters. The van der Waals surface area contributed by atoms with Crippen molar-refractivity contribution in [3.8, 4) is 0 Å². The van der Waals surface area contributed by atoms with Crippen LogP contribution >= 0.6 is 0 Å². The smallest absolute Gasteiger partial charge is 0.220 e. The monoisotopic (exact) mass is 333 g/mol. The van der Waals surface area contributed by atoms with Gasteiger partial charge in [-0.15, -0.1) is 0 Å². The van der Waals surface area contributed by atoms with Crippen LogP contribution in [0.15, 0.2) is 24.5 Å². The van der Waals surface area contributed by atoms with Gasteiger partial charge in [-0.1, -0.05) is 6.07 Å². The number of aliphatic hydroxyl groups is 1. The third-order valence-electron chi connectivity index (χ3n) is 5.05. The van der Waals surface area contributed by atoms with Crippen LogP contribution in [0.3, 0.4) is 0 Å². The van der Waals surface area contributed by atoms with E-state index in [9.17, 15) is 9.90 Å². The molecule has 6 nitrogen and oxygen atoms in total. The minimum absolute atomic E-state index is 0.00512. The van der Waals surface area contributed by atoms with Crippen molar-refractivity contribution in [3.05, 3.63) is 30.1 Å². The van der Waals surface area contributed by atoms with Gasteiger partial charge in [0.25, 0.3) is 0 Å². The van der Waals surface area contributed by atoms with Crippen LogP contribution in [0, 0.1) is 0 Å². The van der Waals surface area contributed by atoms with Gasteiger partial charge in [-0.2, -0.15) is 0 Å². The van der Waals surface area contributed by atoms with Crippen molar-refractivity contribution in [2.24, 2.45) is 0 Å². The quantitative estimate of drug-likeness (QED) is 0.831. The SMILES string of the molecule is O=C(CCc1cccnc1)N[C@@H]1CCC[C@@H](N2CCOCC2)[C@@H]1O. The van der Waals surface area contributed by atoms with Gasteiger partial charge in [-0.25, -0.2) is 0 Å². The van der Waals surface area contributed by atoms with E-state index in [4.69, 9.17) is 4.74 Å². The van der Waals surface area contributed by atoms with Gasteiger partial charge in [0.15, 0.2) is 0 Å². The van der Waals surface area contributed by atoms with Crippen molar-refractivity contribution in [3.63, 3.8) is 0 Å². The molecule has 2 fully saturated rings. The van der Waals surface area contributed by atoms with Gasteiger partial charge in [0, 0.05) is 37.9 Å². The molecule has 1 aromatic rings. The highest BCUT2D eigenvalue weighted by atomic mass is 16.5. The average Bonchev–Trinajstić information content (AvgIpc) is 2.63. The summed E-state index contributed by atoms with van der Waals surface area (Å²) >= 11 is 0. The summed E-state index contributed by atoms with van der Waals surface area (Å²) < 4.78 is 5.39. The number of nitrogens with one attached hydrogen (secondary N) is 1. The summed E-state index contributed by atoms with van der Waals surface area (Å²) in [4.78, 5) is 18.6. The number of nitrogens with zero attached hydrogens (tertiary/aromatic N) is 2. The maximum atomic E-state index is 12.2. The molecule has 1 aliphatic carbocycles. The van der Waals surface area contributed by atoms with Crippen LogP contribution in [-0.4, -0.2) is 65.4 Å². The van der Waals surface area contributed by atoms with Crippen molar-refractivity contribution in [2.75, 3.05) is 26.3 Å². The molecule has 0 bridgehead atoms. The van der Waals surface area contributed by atoms with Crippen LogP contribution in [0.5, 0.6) is 0 Å². The van der Waals surface area contributed by atoms with Crippen LogP contribution in [-0.2, 0) is 16.0 Å². The van der Waals surface area contributed by atoms with E-state index in [1.807, 2.05) is 12.1 Å². The number of amides is 1. The van der Waals surface area contributed by atoms with Crippen molar-refractivity contribution in [1.29, 1.82) is 0 Å². The molecule has 24 heavy (non-hydrogen) atoms. The number of pyridine rings is 1. The highest BCUT2D eigenvalue weighted by Crippen LogP contribution is 2.24. The fourth-order valence-electron chi connectivity index (χ4n) is 3.70. The lowest BCUT2D eigenvalue weighted by Gasteiger charge is -2.43. The largest absolute Gasteiger partial charge is 0.389 e. The Morgan fingerprint density at radius 1 is 1.38 bits per heavy atom. The van der Waals surface area contributed by atoms with E-state index >= 15 is 0 Å². The van der Waals surface area contributed by atoms with Crippen LogP contribution in [0.2, 0.25) is 0 Å². The van der Waals surface area contributed by atoms with Gasteiger partial charge >= 0.3 is 0 Å². The van der Waals surface area contributed by atoms with Crippen molar-refractivity contribution in [1.82, 2.24) is 15.2 Å². The lowest BCUT2D eigenvalue weighted by atomic mass is 9.86. The van der Waals surface area contributed by atoms with Gasteiger partial charge in [-0.05, 0) is 37.3 Å². The topological polar surface area (TPSA) is 74.7 Å². The van der Waals surface area contributed by atoms with E-state index in [-0.39, 0.29) is 18.0 Å². The molecule has 3 rings (SSSR count). The second kappa shape index (κ2) is 8.55. The second-order valence-electron chi connectivity index (χ2n) is 6.67. The van der Waals surface area contributed by atoms with E-state index in [0.29, 0.717) is 12.8 Å². The molecule has 2 aliphatic rings. The third kappa shape index (κ3) is 4.53. The number of morpholine rings is 1. The summed E-state index contributed by atoms with van der Waals surface area (Å²) in [7, 11) is 0. The molecule has 132 valence electrons. The van der Waals surface area contributed by atoms with Gasteiger partial charge in [-0.3, -0.25) is 14.7 Å². The first-order valence-electron chi connectivity index (χ1n) is 8.92. The molecular weight excluding hydrogens is 306 g/mol. The van der Waals surface area contributed by atoms with Gasteiger partial charge in [0.05, 0.1) is 25.4 Å². The van der Waals surface area contributed by atoms with Crippen molar-refractivity contribution < 1.29 is 14.6 Å². The van der Waals surface area contributed by atoms with Gasteiger partial charge in [0.2, 0.25) is 5.91 Å². The number of ether oxygens (including phenoxy) is 1. The normalized spacial score (nSPS) is 28.5. The summed E-state index contributed by atoms with van der Waals surface area (Å²) in [6, 6.07) is 3.84. The first kappa shape index (κ1) is 17.3. The predicted molar refractivity (Wildman–Crippen MR) is 90.5 cm³/mol. The summed E-state index contributed by atoms with van der Waals surface area (Å²) in [5.74, 6) is 0.00512. The molecule has 1 aromatic heterocycles. The molecule has 2 N–H and O–H groups in total. The minimum atomic E-state index is -0.501. The van der Waals surface area contributed by atoms with E-state index < -0.39 is 6.10 Å². The number of aryl methyl sites for hydroxylation is 1. The number of aromatic nitrogens is 1. The summed E-state index contributed by atoms with van der Waals surface area (Å²) in [5, 5.41) is 13.7. The van der Waals surface area contributed by atoms with Crippen LogP contribution < -0.4 is 5.32 Å². The molecule has 1 aliphatic heterocycles. The Balaban J connectivity index is 1.49. The number of hydrogen-bond acceptors (Lipinski definition) is 5. The Hall–Kier alpha value is -1.50. The van der Waals surface area contributed by atoms with Crippen LogP contribution in [0.25, 0.3) is 0 Å².